The molecule has 1 atom stereocenters. The second kappa shape index (κ2) is 17.4. The van der Waals surface area contributed by atoms with Crippen molar-refractivity contribution < 1.29 is 9.53 Å². The fraction of sp³-hybridized carbons (Fsp3) is 0.842. The Morgan fingerprint density at radius 3 is 1.86 bits per heavy atom. The van der Waals surface area contributed by atoms with Gasteiger partial charge in [0.1, 0.15) is 6.29 Å². The lowest BCUT2D eigenvalue weighted by Gasteiger charge is -2.12. The van der Waals surface area contributed by atoms with Crippen molar-refractivity contribution in [2.24, 2.45) is 0 Å². The second-order valence-electron chi connectivity index (χ2n) is 5.98. The van der Waals surface area contributed by atoms with Crippen molar-refractivity contribution in [2.75, 3.05) is 7.11 Å². The maximum Gasteiger partial charge on any atom is 0.142 e. The molecule has 1 unspecified atom stereocenters. The molecule has 0 saturated carbocycles. The van der Waals surface area contributed by atoms with E-state index in [-0.39, 0.29) is 6.10 Å². The van der Waals surface area contributed by atoms with E-state index in [4.69, 9.17) is 4.74 Å². The third-order valence-electron chi connectivity index (χ3n) is 4.08. The number of hydrogen-bond acceptors (Lipinski definition) is 2. The van der Waals surface area contributed by atoms with Crippen molar-refractivity contribution in [2.45, 2.75) is 96.5 Å². The van der Waals surface area contributed by atoms with Gasteiger partial charge in [-0.2, -0.15) is 0 Å². The molecule has 0 amide bonds. The van der Waals surface area contributed by atoms with Gasteiger partial charge in [0.05, 0.1) is 6.10 Å². The fourth-order valence-corrected chi connectivity index (χ4v) is 2.65. The lowest BCUT2D eigenvalue weighted by Crippen LogP contribution is -2.08. The lowest BCUT2D eigenvalue weighted by molar-refractivity contribution is -0.104. The molecule has 0 aromatic carbocycles. The third-order valence-corrected chi connectivity index (χ3v) is 4.08. The summed E-state index contributed by atoms with van der Waals surface area (Å²) in [6.07, 6.45) is 21.7. The van der Waals surface area contributed by atoms with Crippen LogP contribution in [0.2, 0.25) is 0 Å². The summed E-state index contributed by atoms with van der Waals surface area (Å²) in [6.45, 7) is 2.27. The van der Waals surface area contributed by atoms with Gasteiger partial charge in [0.25, 0.3) is 0 Å². The molecule has 2 nitrogen and oxygen atoms in total. The standard InChI is InChI=1S/C19H36O2/c1-3-4-5-6-7-8-9-10-11-12-13-16-19(21-2)17-14-15-18-20/h14-15,18-19H,3-13,16-17H2,1-2H3. The molecule has 0 aromatic heterocycles. The molecular weight excluding hydrogens is 260 g/mol. The maximum absolute atomic E-state index is 10.2. The van der Waals surface area contributed by atoms with E-state index >= 15 is 0 Å². The van der Waals surface area contributed by atoms with Crippen molar-refractivity contribution in [1.29, 1.82) is 0 Å². The molecule has 0 aliphatic carbocycles. The van der Waals surface area contributed by atoms with Crippen LogP contribution in [0.5, 0.6) is 0 Å². The molecule has 0 N–H and O–H groups in total. The van der Waals surface area contributed by atoms with Gasteiger partial charge in [0.2, 0.25) is 0 Å². The monoisotopic (exact) mass is 296 g/mol. The topological polar surface area (TPSA) is 26.3 Å². The molecule has 0 heterocycles. The zero-order chi connectivity index (χ0) is 15.6. The summed E-state index contributed by atoms with van der Waals surface area (Å²) >= 11 is 0. The average molecular weight is 296 g/mol. The first kappa shape index (κ1) is 20.4. The Labute approximate surface area is 132 Å². The Hall–Kier alpha value is -0.630. The van der Waals surface area contributed by atoms with Crippen LogP contribution in [0.3, 0.4) is 0 Å². The Bertz CT molecular complexity index is 236. The molecule has 0 bridgehead atoms. The highest BCUT2D eigenvalue weighted by molar-refractivity contribution is 5.64. The summed E-state index contributed by atoms with van der Waals surface area (Å²) < 4.78 is 5.42. The summed E-state index contributed by atoms with van der Waals surface area (Å²) in [5, 5.41) is 0. The van der Waals surface area contributed by atoms with Crippen LogP contribution in [0, 0.1) is 0 Å². The fourth-order valence-electron chi connectivity index (χ4n) is 2.65. The zero-order valence-electron chi connectivity index (χ0n) is 14.3. The minimum absolute atomic E-state index is 0.278. The van der Waals surface area contributed by atoms with Gasteiger partial charge in [0.15, 0.2) is 0 Å². The van der Waals surface area contributed by atoms with Crippen LogP contribution in [-0.2, 0) is 9.53 Å². The van der Waals surface area contributed by atoms with Crippen LogP contribution in [0.15, 0.2) is 12.2 Å². The Morgan fingerprint density at radius 2 is 1.38 bits per heavy atom. The molecule has 124 valence electrons. The van der Waals surface area contributed by atoms with Crippen molar-refractivity contribution in [1.82, 2.24) is 0 Å². The molecular formula is C19H36O2. The van der Waals surface area contributed by atoms with Gasteiger partial charge in [-0.05, 0) is 18.9 Å². The first-order chi connectivity index (χ1) is 10.3. The lowest BCUT2D eigenvalue weighted by atomic mass is 10.0. The van der Waals surface area contributed by atoms with Gasteiger partial charge in [-0.1, -0.05) is 83.6 Å². The number of methoxy groups -OCH3 is 1. The normalized spacial score (nSPS) is 12.9. The molecule has 0 fully saturated rings. The minimum atomic E-state index is 0.278. The first-order valence-electron chi connectivity index (χ1n) is 8.98. The van der Waals surface area contributed by atoms with Crippen molar-refractivity contribution in [3.8, 4) is 0 Å². The molecule has 0 aromatic rings. The Kier molecular flexibility index (Phi) is 16.9. The molecule has 0 saturated heterocycles. The number of unbranched alkanes of at least 4 members (excludes halogenated alkanes) is 10. The van der Waals surface area contributed by atoms with E-state index in [0.717, 1.165) is 19.1 Å². The quantitative estimate of drug-likeness (QED) is 0.203. The smallest absolute Gasteiger partial charge is 0.142 e. The highest BCUT2D eigenvalue weighted by atomic mass is 16.5. The van der Waals surface area contributed by atoms with E-state index < -0.39 is 0 Å². The minimum Gasteiger partial charge on any atom is -0.381 e. The summed E-state index contributed by atoms with van der Waals surface area (Å²) in [7, 11) is 1.76. The molecule has 0 aliphatic rings. The summed E-state index contributed by atoms with van der Waals surface area (Å²) in [4.78, 5) is 10.2. The van der Waals surface area contributed by atoms with Crippen LogP contribution < -0.4 is 0 Å². The van der Waals surface area contributed by atoms with Crippen LogP contribution in [0.1, 0.15) is 90.4 Å². The Morgan fingerprint density at radius 1 is 0.857 bits per heavy atom. The van der Waals surface area contributed by atoms with Crippen LogP contribution in [0.25, 0.3) is 0 Å². The second-order valence-corrected chi connectivity index (χ2v) is 5.98. The Balaban J connectivity index is 3.26. The van der Waals surface area contributed by atoms with Gasteiger partial charge in [-0.25, -0.2) is 0 Å². The zero-order valence-corrected chi connectivity index (χ0v) is 14.3. The summed E-state index contributed by atoms with van der Waals surface area (Å²) in [5.41, 5.74) is 0. The number of ether oxygens (including phenoxy) is 1. The molecule has 21 heavy (non-hydrogen) atoms. The van der Waals surface area contributed by atoms with E-state index in [2.05, 4.69) is 6.92 Å². The molecule has 2 heteroatoms. The highest BCUT2D eigenvalue weighted by Crippen LogP contribution is 2.14. The van der Waals surface area contributed by atoms with Gasteiger partial charge < -0.3 is 4.74 Å². The van der Waals surface area contributed by atoms with E-state index in [1.54, 1.807) is 13.2 Å². The van der Waals surface area contributed by atoms with Crippen molar-refractivity contribution in [3.63, 3.8) is 0 Å². The summed E-state index contributed by atoms with van der Waals surface area (Å²) in [5.74, 6) is 0. The number of carbonyl (C=O) groups is 1. The molecule has 0 aliphatic heterocycles. The number of carbonyl (C=O) groups excluding carboxylic acids is 1. The van der Waals surface area contributed by atoms with Crippen LogP contribution in [-0.4, -0.2) is 19.5 Å². The average Bonchev–Trinajstić information content (AvgIpc) is 2.51. The van der Waals surface area contributed by atoms with E-state index in [1.165, 1.54) is 70.6 Å². The number of allylic oxidation sites excluding steroid dienone is 1. The van der Waals surface area contributed by atoms with Gasteiger partial charge in [0, 0.05) is 7.11 Å². The SMILES string of the molecule is CCCCCCCCCCCCCC(CC=CC=O)OC. The van der Waals surface area contributed by atoms with E-state index in [1.807, 2.05) is 6.08 Å². The predicted molar refractivity (Wildman–Crippen MR) is 91.7 cm³/mol. The van der Waals surface area contributed by atoms with Crippen LogP contribution >= 0.6 is 0 Å². The van der Waals surface area contributed by atoms with Crippen LogP contribution in [0.4, 0.5) is 0 Å². The van der Waals surface area contributed by atoms with E-state index in [0.29, 0.717) is 0 Å². The predicted octanol–water partition coefficient (Wildman–Crippen LogP) is 5.85. The van der Waals surface area contributed by atoms with E-state index in [9.17, 15) is 4.79 Å². The highest BCUT2D eigenvalue weighted by Gasteiger charge is 2.04. The van der Waals surface area contributed by atoms with Gasteiger partial charge in [-0.15, -0.1) is 0 Å². The van der Waals surface area contributed by atoms with Gasteiger partial charge in [-0.3, -0.25) is 4.79 Å². The molecule has 0 rings (SSSR count). The van der Waals surface area contributed by atoms with Crippen molar-refractivity contribution >= 4 is 6.29 Å². The maximum atomic E-state index is 10.2. The largest absolute Gasteiger partial charge is 0.381 e. The number of rotatable bonds is 16. The summed E-state index contributed by atoms with van der Waals surface area (Å²) in [6, 6.07) is 0. The molecule has 0 radical (unpaired) electrons. The first-order valence-corrected chi connectivity index (χ1v) is 8.98. The molecule has 0 spiro atoms. The number of hydrogen-bond donors (Lipinski definition) is 0. The van der Waals surface area contributed by atoms with Gasteiger partial charge >= 0.3 is 0 Å². The van der Waals surface area contributed by atoms with Crippen molar-refractivity contribution in [3.05, 3.63) is 12.2 Å². The third kappa shape index (κ3) is 15.6. The number of aldehydes is 1.